The quantitative estimate of drug-likeness (QED) is 0.469. The fourth-order valence-corrected chi connectivity index (χ4v) is 0.609. The topological polar surface area (TPSA) is 49.3 Å². The molecule has 1 amide bonds. The van der Waals surface area contributed by atoms with Crippen molar-refractivity contribution in [1.29, 1.82) is 0 Å². The smallest absolute Gasteiger partial charge is 0.251 e. The van der Waals surface area contributed by atoms with Crippen LogP contribution in [-0.4, -0.2) is 23.2 Å². The number of terminal acetylenes is 1. The van der Waals surface area contributed by atoms with Crippen molar-refractivity contribution in [3.8, 4) is 12.3 Å². The molecule has 0 unspecified atom stereocenters. The van der Waals surface area contributed by atoms with E-state index < -0.39 is 5.60 Å². The molecule has 3 heteroatoms. The monoisotopic (exact) mass is 169 g/mol. The molecule has 0 aliphatic rings. The molecular formula is C9H15NO2. The Bertz CT molecular complexity index is 186. The van der Waals surface area contributed by atoms with Crippen LogP contribution in [0.3, 0.4) is 0 Å². The van der Waals surface area contributed by atoms with Gasteiger partial charge in [0.15, 0.2) is 0 Å². The third kappa shape index (κ3) is 4.75. The lowest BCUT2D eigenvalue weighted by atomic mass is 10.1. The number of carbonyl (C=O) groups excluding carboxylic acids is 1. The fraction of sp³-hybridized carbons (Fsp3) is 0.667. The molecule has 12 heavy (non-hydrogen) atoms. The largest absolute Gasteiger partial charge is 0.381 e. The highest BCUT2D eigenvalue weighted by atomic mass is 16.3. The number of nitrogens with one attached hydrogen (secondary N) is 1. The van der Waals surface area contributed by atoms with Gasteiger partial charge >= 0.3 is 0 Å². The molecular weight excluding hydrogens is 154 g/mol. The number of carbonyl (C=O) groups is 1. The van der Waals surface area contributed by atoms with E-state index in [2.05, 4.69) is 11.2 Å². The van der Waals surface area contributed by atoms with Crippen molar-refractivity contribution in [2.75, 3.05) is 6.54 Å². The van der Waals surface area contributed by atoms with Crippen LogP contribution < -0.4 is 5.32 Å². The maximum Gasteiger partial charge on any atom is 0.251 e. The summed E-state index contributed by atoms with van der Waals surface area (Å²) in [5.41, 5.74) is -1.30. The second kappa shape index (κ2) is 4.78. The van der Waals surface area contributed by atoms with Crippen molar-refractivity contribution in [3.05, 3.63) is 0 Å². The van der Waals surface area contributed by atoms with Gasteiger partial charge in [0.2, 0.25) is 0 Å². The zero-order valence-electron chi connectivity index (χ0n) is 7.55. The highest BCUT2D eigenvalue weighted by Crippen LogP contribution is 1.99. The summed E-state index contributed by atoms with van der Waals surface area (Å²) in [4.78, 5) is 11.0. The van der Waals surface area contributed by atoms with Crippen molar-refractivity contribution >= 4 is 5.91 Å². The first kappa shape index (κ1) is 11.0. The maximum atomic E-state index is 11.0. The van der Waals surface area contributed by atoms with Crippen molar-refractivity contribution in [1.82, 2.24) is 5.32 Å². The molecule has 0 spiro atoms. The Balaban J connectivity index is 3.53. The Hall–Kier alpha value is -1.01. The van der Waals surface area contributed by atoms with E-state index in [1.807, 2.05) is 0 Å². The summed E-state index contributed by atoms with van der Waals surface area (Å²) in [7, 11) is 0. The minimum absolute atomic E-state index is 0.362. The predicted molar refractivity (Wildman–Crippen MR) is 47.4 cm³/mol. The number of unbranched alkanes of at least 4 members (excludes halogenated alkanes) is 1. The van der Waals surface area contributed by atoms with Gasteiger partial charge in [0.05, 0.1) is 0 Å². The molecule has 0 bridgehead atoms. The second-order valence-electron chi connectivity index (χ2n) is 3.12. The second-order valence-corrected chi connectivity index (χ2v) is 3.12. The van der Waals surface area contributed by atoms with Gasteiger partial charge in [0, 0.05) is 13.0 Å². The van der Waals surface area contributed by atoms with Gasteiger partial charge in [-0.05, 0) is 20.3 Å². The number of amides is 1. The number of rotatable bonds is 4. The highest BCUT2D eigenvalue weighted by molar-refractivity contribution is 5.83. The van der Waals surface area contributed by atoms with E-state index in [1.54, 1.807) is 0 Å². The number of hydrogen-bond donors (Lipinski definition) is 2. The molecule has 0 aromatic carbocycles. The lowest BCUT2D eigenvalue weighted by Crippen LogP contribution is -2.42. The predicted octanol–water partition coefficient (Wildman–Crippen LogP) is 0.287. The normalized spacial score (nSPS) is 10.5. The summed E-state index contributed by atoms with van der Waals surface area (Å²) in [6.45, 7) is 3.42. The van der Waals surface area contributed by atoms with Gasteiger partial charge in [-0.15, -0.1) is 12.3 Å². The van der Waals surface area contributed by atoms with E-state index in [1.165, 1.54) is 13.8 Å². The van der Waals surface area contributed by atoms with Crippen LogP contribution in [0.5, 0.6) is 0 Å². The van der Waals surface area contributed by atoms with Crippen LogP contribution in [0.25, 0.3) is 0 Å². The van der Waals surface area contributed by atoms with E-state index in [4.69, 9.17) is 6.42 Å². The van der Waals surface area contributed by atoms with Gasteiger partial charge in [-0.3, -0.25) is 4.79 Å². The Kier molecular flexibility index (Phi) is 4.38. The molecule has 0 heterocycles. The molecule has 0 aliphatic heterocycles. The molecule has 0 fully saturated rings. The van der Waals surface area contributed by atoms with Gasteiger partial charge in [-0.2, -0.15) is 0 Å². The standard InChI is InChI=1S/C9H15NO2/c1-4-5-6-7-10-8(11)9(2,3)12/h1,12H,5-7H2,2-3H3,(H,10,11). The molecule has 0 atom stereocenters. The summed E-state index contributed by atoms with van der Waals surface area (Å²) >= 11 is 0. The zero-order valence-corrected chi connectivity index (χ0v) is 7.55. The molecule has 0 aromatic heterocycles. The Morgan fingerprint density at radius 2 is 2.25 bits per heavy atom. The fourth-order valence-electron chi connectivity index (χ4n) is 0.609. The van der Waals surface area contributed by atoms with Gasteiger partial charge in [0.25, 0.3) is 5.91 Å². The van der Waals surface area contributed by atoms with Gasteiger partial charge in [-0.25, -0.2) is 0 Å². The third-order valence-electron chi connectivity index (χ3n) is 1.34. The van der Waals surface area contributed by atoms with Crippen LogP contribution in [0.15, 0.2) is 0 Å². The summed E-state index contributed by atoms with van der Waals surface area (Å²) < 4.78 is 0. The van der Waals surface area contributed by atoms with E-state index in [-0.39, 0.29) is 5.91 Å². The molecule has 2 N–H and O–H groups in total. The summed E-state index contributed by atoms with van der Waals surface area (Å²) in [5, 5.41) is 11.8. The summed E-state index contributed by atoms with van der Waals surface area (Å²) in [6.07, 6.45) is 6.41. The van der Waals surface area contributed by atoms with Crippen molar-refractivity contribution in [2.45, 2.75) is 32.3 Å². The SMILES string of the molecule is C#CCCCNC(=O)C(C)(C)O. The van der Waals surface area contributed by atoms with Crippen LogP contribution >= 0.6 is 0 Å². The molecule has 0 aromatic rings. The summed E-state index contributed by atoms with van der Waals surface area (Å²) in [5.74, 6) is 2.10. The van der Waals surface area contributed by atoms with E-state index >= 15 is 0 Å². The van der Waals surface area contributed by atoms with Crippen molar-refractivity contribution in [2.24, 2.45) is 0 Å². The Morgan fingerprint density at radius 3 is 2.67 bits per heavy atom. The molecule has 0 radical (unpaired) electrons. The van der Waals surface area contributed by atoms with Crippen LogP contribution in [0.4, 0.5) is 0 Å². The first-order valence-corrected chi connectivity index (χ1v) is 3.92. The summed E-state index contributed by atoms with van der Waals surface area (Å²) in [6, 6.07) is 0. The Morgan fingerprint density at radius 1 is 1.67 bits per heavy atom. The maximum absolute atomic E-state index is 11.0. The van der Waals surface area contributed by atoms with Crippen molar-refractivity contribution in [3.63, 3.8) is 0 Å². The first-order valence-electron chi connectivity index (χ1n) is 3.92. The molecule has 3 nitrogen and oxygen atoms in total. The van der Waals surface area contributed by atoms with Gasteiger partial charge < -0.3 is 10.4 Å². The Labute approximate surface area is 73.2 Å². The third-order valence-corrected chi connectivity index (χ3v) is 1.34. The van der Waals surface area contributed by atoms with Crippen LogP contribution in [-0.2, 0) is 4.79 Å². The minimum atomic E-state index is -1.30. The van der Waals surface area contributed by atoms with Crippen LogP contribution in [0, 0.1) is 12.3 Å². The average molecular weight is 169 g/mol. The lowest BCUT2D eigenvalue weighted by molar-refractivity contribution is -0.136. The van der Waals surface area contributed by atoms with Gasteiger partial charge in [-0.1, -0.05) is 0 Å². The van der Waals surface area contributed by atoms with Crippen LogP contribution in [0.2, 0.25) is 0 Å². The minimum Gasteiger partial charge on any atom is -0.381 e. The van der Waals surface area contributed by atoms with Gasteiger partial charge in [0.1, 0.15) is 5.60 Å². The highest BCUT2D eigenvalue weighted by Gasteiger charge is 2.22. The number of hydrogen-bond acceptors (Lipinski definition) is 2. The molecule has 0 saturated heterocycles. The molecule has 68 valence electrons. The average Bonchev–Trinajstić information content (AvgIpc) is 1.96. The molecule has 0 rings (SSSR count). The van der Waals surface area contributed by atoms with E-state index in [0.717, 1.165) is 6.42 Å². The molecule has 0 saturated carbocycles. The van der Waals surface area contributed by atoms with Crippen LogP contribution in [0.1, 0.15) is 26.7 Å². The van der Waals surface area contributed by atoms with Crippen molar-refractivity contribution < 1.29 is 9.90 Å². The van der Waals surface area contributed by atoms with E-state index in [9.17, 15) is 9.90 Å². The van der Waals surface area contributed by atoms with E-state index in [0.29, 0.717) is 13.0 Å². The zero-order chi connectivity index (χ0) is 9.61. The number of aliphatic hydroxyl groups is 1. The lowest BCUT2D eigenvalue weighted by Gasteiger charge is -2.15. The molecule has 0 aliphatic carbocycles. The first-order chi connectivity index (χ1) is 5.48.